The van der Waals surface area contributed by atoms with Gasteiger partial charge in [-0.05, 0) is 25.3 Å². The van der Waals surface area contributed by atoms with Crippen molar-refractivity contribution < 1.29 is 17.9 Å². The van der Waals surface area contributed by atoms with E-state index in [0.29, 0.717) is 6.07 Å². The maximum Gasteiger partial charge on any atom is 0.161 e. The monoisotopic (exact) mass is 259 g/mol. The number of halogens is 3. The molecule has 0 aliphatic heterocycles. The third kappa shape index (κ3) is 3.03. The van der Waals surface area contributed by atoms with E-state index in [1.165, 1.54) is 0 Å². The highest BCUT2D eigenvalue weighted by Crippen LogP contribution is 2.22. The lowest BCUT2D eigenvalue weighted by molar-refractivity contribution is 0.107. The molecule has 0 heterocycles. The Kier molecular flexibility index (Phi) is 4.24. The van der Waals surface area contributed by atoms with Crippen LogP contribution in [0.4, 0.5) is 13.2 Å². The fraction of sp³-hybridized carbons (Fsp3) is 0.538. The molecule has 2 nitrogen and oxygen atoms in total. The molecule has 2 rings (SSSR count). The predicted octanol–water partition coefficient (Wildman–Crippen LogP) is 2.76. The predicted molar refractivity (Wildman–Crippen MR) is 61.6 cm³/mol. The van der Waals surface area contributed by atoms with Crippen molar-refractivity contribution in [2.45, 2.75) is 38.0 Å². The fourth-order valence-electron chi connectivity index (χ4n) is 2.29. The van der Waals surface area contributed by atoms with Crippen LogP contribution in [0.25, 0.3) is 0 Å². The summed E-state index contributed by atoms with van der Waals surface area (Å²) >= 11 is 0. The van der Waals surface area contributed by atoms with Gasteiger partial charge in [-0.1, -0.05) is 0 Å². The second-order valence-corrected chi connectivity index (χ2v) is 4.61. The molecule has 1 aliphatic rings. The molecule has 1 N–H and O–H groups in total. The summed E-state index contributed by atoms with van der Waals surface area (Å²) in [5.41, 5.74) is 0.148. The number of benzene rings is 1. The number of hydrogen-bond acceptors (Lipinski definition) is 2. The van der Waals surface area contributed by atoms with E-state index < -0.39 is 17.5 Å². The van der Waals surface area contributed by atoms with Gasteiger partial charge in [-0.15, -0.1) is 0 Å². The van der Waals surface area contributed by atoms with Crippen molar-refractivity contribution in [1.29, 1.82) is 0 Å². The quantitative estimate of drug-likeness (QED) is 0.839. The SMILES string of the molecule is COC1CCC(NCc2cc(F)c(F)cc2F)C1. The van der Waals surface area contributed by atoms with Crippen LogP contribution in [0.2, 0.25) is 0 Å². The van der Waals surface area contributed by atoms with Gasteiger partial charge in [0.15, 0.2) is 11.6 Å². The highest BCUT2D eigenvalue weighted by Gasteiger charge is 2.24. The summed E-state index contributed by atoms with van der Waals surface area (Å²) in [7, 11) is 1.67. The van der Waals surface area contributed by atoms with E-state index in [9.17, 15) is 13.2 Å². The molecule has 0 spiro atoms. The Balaban J connectivity index is 1.93. The summed E-state index contributed by atoms with van der Waals surface area (Å²) < 4.78 is 44.3. The summed E-state index contributed by atoms with van der Waals surface area (Å²) in [6, 6.07) is 1.72. The van der Waals surface area contributed by atoms with Crippen LogP contribution < -0.4 is 5.32 Å². The highest BCUT2D eigenvalue weighted by atomic mass is 19.2. The number of ether oxygens (including phenoxy) is 1. The Hall–Kier alpha value is -1.07. The van der Waals surface area contributed by atoms with Gasteiger partial charge in [-0.2, -0.15) is 0 Å². The molecule has 2 atom stereocenters. The first kappa shape index (κ1) is 13.4. The summed E-state index contributed by atoms with van der Waals surface area (Å²) in [6.45, 7) is 0.199. The molecule has 0 aromatic heterocycles. The van der Waals surface area contributed by atoms with Crippen molar-refractivity contribution in [2.24, 2.45) is 0 Å². The molecule has 0 saturated heterocycles. The first-order valence-corrected chi connectivity index (χ1v) is 5.99. The van der Waals surface area contributed by atoms with Crippen LogP contribution in [0, 0.1) is 17.5 Å². The second kappa shape index (κ2) is 5.71. The van der Waals surface area contributed by atoms with Gasteiger partial charge in [0.2, 0.25) is 0 Å². The van der Waals surface area contributed by atoms with Gasteiger partial charge in [-0.3, -0.25) is 0 Å². The number of hydrogen-bond donors (Lipinski definition) is 1. The van der Waals surface area contributed by atoms with Crippen LogP contribution in [0.5, 0.6) is 0 Å². The molecule has 0 bridgehead atoms. The first-order valence-electron chi connectivity index (χ1n) is 5.99. The van der Waals surface area contributed by atoms with Gasteiger partial charge < -0.3 is 10.1 Å². The van der Waals surface area contributed by atoms with E-state index >= 15 is 0 Å². The smallest absolute Gasteiger partial charge is 0.161 e. The zero-order valence-corrected chi connectivity index (χ0v) is 10.2. The third-order valence-corrected chi connectivity index (χ3v) is 3.39. The second-order valence-electron chi connectivity index (χ2n) is 4.61. The van der Waals surface area contributed by atoms with Crippen LogP contribution >= 0.6 is 0 Å². The fourth-order valence-corrected chi connectivity index (χ4v) is 2.29. The van der Waals surface area contributed by atoms with Crippen molar-refractivity contribution in [3.05, 3.63) is 35.1 Å². The van der Waals surface area contributed by atoms with Crippen LogP contribution in [-0.2, 0) is 11.3 Å². The van der Waals surface area contributed by atoms with Crippen molar-refractivity contribution >= 4 is 0 Å². The summed E-state index contributed by atoms with van der Waals surface area (Å²) in [4.78, 5) is 0. The standard InChI is InChI=1S/C13H16F3NO/c1-18-10-3-2-9(5-10)17-7-8-4-12(15)13(16)6-11(8)14/h4,6,9-10,17H,2-3,5,7H2,1H3. The number of rotatable bonds is 4. The number of methoxy groups -OCH3 is 1. The van der Waals surface area contributed by atoms with E-state index in [4.69, 9.17) is 4.74 Å². The molecule has 1 aliphatic carbocycles. The zero-order chi connectivity index (χ0) is 13.1. The molecule has 1 saturated carbocycles. The molecule has 1 aromatic rings. The van der Waals surface area contributed by atoms with Gasteiger partial charge in [0.25, 0.3) is 0 Å². The van der Waals surface area contributed by atoms with Gasteiger partial charge in [-0.25, -0.2) is 13.2 Å². The Labute approximate surface area is 104 Å². The van der Waals surface area contributed by atoms with E-state index in [1.807, 2.05) is 0 Å². The Bertz CT molecular complexity index is 425. The molecular formula is C13H16F3NO. The van der Waals surface area contributed by atoms with Crippen LogP contribution in [0.3, 0.4) is 0 Å². The van der Waals surface area contributed by atoms with E-state index in [1.54, 1.807) is 7.11 Å². The van der Waals surface area contributed by atoms with Gasteiger partial charge in [0.05, 0.1) is 6.10 Å². The van der Waals surface area contributed by atoms with Crippen molar-refractivity contribution in [3.63, 3.8) is 0 Å². The lowest BCUT2D eigenvalue weighted by atomic mass is 10.1. The molecule has 0 radical (unpaired) electrons. The normalized spacial score (nSPS) is 23.6. The molecular weight excluding hydrogens is 243 g/mol. The highest BCUT2D eigenvalue weighted by molar-refractivity contribution is 5.20. The maximum atomic E-state index is 13.4. The third-order valence-electron chi connectivity index (χ3n) is 3.39. The molecule has 2 unspecified atom stereocenters. The molecule has 1 fully saturated rings. The van der Waals surface area contributed by atoms with E-state index in [0.717, 1.165) is 25.3 Å². The lowest BCUT2D eigenvalue weighted by Crippen LogP contribution is -2.27. The topological polar surface area (TPSA) is 21.3 Å². The molecule has 100 valence electrons. The summed E-state index contributed by atoms with van der Waals surface area (Å²) in [5.74, 6) is -2.89. The van der Waals surface area contributed by atoms with Crippen molar-refractivity contribution in [1.82, 2.24) is 5.32 Å². The largest absolute Gasteiger partial charge is 0.381 e. The van der Waals surface area contributed by atoms with E-state index in [2.05, 4.69) is 5.32 Å². The minimum absolute atomic E-state index is 0.148. The zero-order valence-electron chi connectivity index (χ0n) is 10.2. The van der Waals surface area contributed by atoms with Gasteiger partial charge in [0.1, 0.15) is 5.82 Å². The Morgan fingerprint density at radius 1 is 1.17 bits per heavy atom. The Morgan fingerprint density at radius 2 is 1.89 bits per heavy atom. The van der Waals surface area contributed by atoms with E-state index in [-0.39, 0.29) is 24.3 Å². The van der Waals surface area contributed by atoms with Crippen molar-refractivity contribution in [3.8, 4) is 0 Å². The summed E-state index contributed by atoms with van der Waals surface area (Å²) in [5, 5.41) is 3.14. The molecule has 5 heteroatoms. The van der Waals surface area contributed by atoms with Crippen LogP contribution in [0.15, 0.2) is 12.1 Å². The van der Waals surface area contributed by atoms with Crippen molar-refractivity contribution in [2.75, 3.05) is 7.11 Å². The first-order chi connectivity index (χ1) is 8.60. The van der Waals surface area contributed by atoms with Gasteiger partial charge in [0, 0.05) is 31.3 Å². The minimum Gasteiger partial charge on any atom is -0.381 e. The average molecular weight is 259 g/mol. The molecule has 18 heavy (non-hydrogen) atoms. The Morgan fingerprint density at radius 3 is 2.56 bits per heavy atom. The minimum atomic E-state index is -1.16. The maximum absolute atomic E-state index is 13.4. The lowest BCUT2D eigenvalue weighted by Gasteiger charge is -2.13. The van der Waals surface area contributed by atoms with Gasteiger partial charge >= 0.3 is 0 Å². The number of nitrogens with one attached hydrogen (secondary N) is 1. The molecule has 0 amide bonds. The molecule has 1 aromatic carbocycles. The van der Waals surface area contributed by atoms with Crippen LogP contribution in [-0.4, -0.2) is 19.3 Å². The summed E-state index contributed by atoms with van der Waals surface area (Å²) in [6.07, 6.45) is 3.01. The average Bonchev–Trinajstić information content (AvgIpc) is 2.80. The van der Waals surface area contributed by atoms with Crippen LogP contribution in [0.1, 0.15) is 24.8 Å².